The van der Waals surface area contributed by atoms with Gasteiger partial charge in [-0.2, -0.15) is 0 Å². The summed E-state index contributed by atoms with van der Waals surface area (Å²) in [4.78, 5) is 16.3. The summed E-state index contributed by atoms with van der Waals surface area (Å²) in [5, 5.41) is 7.17. The van der Waals surface area contributed by atoms with Crippen molar-refractivity contribution in [1.82, 2.24) is 15.6 Å². The number of oxazole rings is 1. The molecule has 0 radical (unpaired) electrons. The normalized spacial score (nSPS) is 26.3. The zero-order valence-corrected chi connectivity index (χ0v) is 12.6. The van der Waals surface area contributed by atoms with Crippen LogP contribution in [0.25, 0.3) is 11.3 Å². The molecule has 2 aliphatic rings. The molecule has 1 amide bonds. The molecule has 3 unspecified atom stereocenters. The van der Waals surface area contributed by atoms with Gasteiger partial charge in [-0.05, 0) is 43.5 Å². The number of hydrogen-bond acceptors (Lipinski definition) is 4. The lowest BCUT2D eigenvalue weighted by molar-refractivity contribution is 0.0896. The maximum atomic E-state index is 12.3. The predicted molar refractivity (Wildman–Crippen MR) is 82.8 cm³/mol. The van der Waals surface area contributed by atoms with Gasteiger partial charge in [0.1, 0.15) is 0 Å². The van der Waals surface area contributed by atoms with Gasteiger partial charge in [-0.1, -0.05) is 11.6 Å². The Morgan fingerprint density at radius 3 is 2.82 bits per heavy atom. The summed E-state index contributed by atoms with van der Waals surface area (Å²) in [7, 11) is 0. The number of aromatic nitrogens is 1. The minimum absolute atomic E-state index is 0.104. The standard InChI is InChI=1S/C16H16ClN3O2/c17-10-3-1-9(2-4-10)14-8-18-16(22-14)15(21)20-13-7-11-5-6-12(13)19-11/h1-4,8,11-13,19H,5-7H2,(H,20,21). The van der Waals surface area contributed by atoms with E-state index in [-0.39, 0.29) is 17.8 Å². The molecule has 2 bridgehead atoms. The summed E-state index contributed by atoms with van der Waals surface area (Å²) in [5.74, 6) is 0.417. The van der Waals surface area contributed by atoms with Gasteiger partial charge in [-0.25, -0.2) is 4.98 Å². The molecule has 2 aliphatic heterocycles. The summed E-state index contributed by atoms with van der Waals surface area (Å²) < 4.78 is 5.58. The van der Waals surface area contributed by atoms with Crippen molar-refractivity contribution in [3.05, 3.63) is 41.4 Å². The number of nitrogens with zero attached hydrogens (tertiary/aromatic N) is 1. The molecule has 6 heteroatoms. The fourth-order valence-electron chi connectivity index (χ4n) is 3.34. The van der Waals surface area contributed by atoms with Crippen LogP contribution >= 0.6 is 11.6 Å². The number of rotatable bonds is 3. The quantitative estimate of drug-likeness (QED) is 0.913. The van der Waals surface area contributed by atoms with Crippen molar-refractivity contribution in [2.45, 2.75) is 37.4 Å². The zero-order valence-electron chi connectivity index (χ0n) is 11.9. The van der Waals surface area contributed by atoms with Gasteiger partial charge < -0.3 is 15.1 Å². The molecule has 2 N–H and O–H groups in total. The van der Waals surface area contributed by atoms with Gasteiger partial charge in [-0.15, -0.1) is 0 Å². The van der Waals surface area contributed by atoms with Crippen LogP contribution in [0.1, 0.15) is 29.9 Å². The second-order valence-electron chi connectivity index (χ2n) is 5.90. The minimum atomic E-state index is -0.250. The van der Waals surface area contributed by atoms with Crippen LogP contribution in [-0.4, -0.2) is 29.0 Å². The van der Waals surface area contributed by atoms with Crippen LogP contribution in [0, 0.1) is 0 Å². The van der Waals surface area contributed by atoms with Crippen molar-refractivity contribution in [1.29, 1.82) is 0 Å². The molecule has 0 saturated carbocycles. The average molecular weight is 318 g/mol. The van der Waals surface area contributed by atoms with Gasteiger partial charge in [0.2, 0.25) is 0 Å². The van der Waals surface area contributed by atoms with E-state index in [2.05, 4.69) is 15.6 Å². The summed E-state index contributed by atoms with van der Waals surface area (Å²) in [6.45, 7) is 0. The fourth-order valence-corrected chi connectivity index (χ4v) is 3.47. The third-order valence-corrected chi connectivity index (χ3v) is 4.70. The Kier molecular flexibility index (Phi) is 3.39. The van der Waals surface area contributed by atoms with Crippen LogP contribution in [0.3, 0.4) is 0 Å². The van der Waals surface area contributed by atoms with Crippen molar-refractivity contribution in [2.75, 3.05) is 0 Å². The molecular formula is C16H16ClN3O2. The van der Waals surface area contributed by atoms with Crippen molar-refractivity contribution < 1.29 is 9.21 Å². The SMILES string of the molecule is O=C(NC1CC2CCC1N2)c1ncc(-c2ccc(Cl)cc2)o1. The molecule has 2 saturated heterocycles. The molecule has 3 heterocycles. The van der Waals surface area contributed by atoms with E-state index in [1.165, 1.54) is 6.42 Å². The fraction of sp³-hybridized carbons (Fsp3) is 0.375. The number of amides is 1. The molecule has 114 valence electrons. The molecule has 1 aromatic carbocycles. The summed E-state index contributed by atoms with van der Waals surface area (Å²) >= 11 is 5.86. The Labute approximate surface area is 133 Å². The van der Waals surface area contributed by atoms with Gasteiger partial charge in [0.05, 0.1) is 6.20 Å². The number of benzene rings is 1. The number of fused-ring (bicyclic) bond motifs is 2. The van der Waals surface area contributed by atoms with E-state index in [9.17, 15) is 4.79 Å². The van der Waals surface area contributed by atoms with E-state index in [1.54, 1.807) is 18.3 Å². The van der Waals surface area contributed by atoms with Crippen molar-refractivity contribution in [3.63, 3.8) is 0 Å². The number of nitrogens with one attached hydrogen (secondary N) is 2. The van der Waals surface area contributed by atoms with Crippen molar-refractivity contribution in [2.24, 2.45) is 0 Å². The predicted octanol–water partition coefficient (Wildman–Crippen LogP) is 2.62. The van der Waals surface area contributed by atoms with Crippen LogP contribution in [0.15, 0.2) is 34.9 Å². The summed E-state index contributed by atoms with van der Waals surface area (Å²) in [6.07, 6.45) is 4.88. The lowest BCUT2D eigenvalue weighted by Gasteiger charge is -2.20. The maximum absolute atomic E-state index is 12.3. The third kappa shape index (κ3) is 2.51. The van der Waals surface area contributed by atoms with Crippen LogP contribution in [0.4, 0.5) is 0 Å². The summed E-state index contributed by atoms with van der Waals surface area (Å²) in [6, 6.07) is 8.34. The average Bonchev–Trinajstić information content (AvgIpc) is 3.24. The Balaban J connectivity index is 1.46. The van der Waals surface area contributed by atoms with Crippen LogP contribution < -0.4 is 10.6 Å². The van der Waals surface area contributed by atoms with Crippen LogP contribution in [0.2, 0.25) is 5.02 Å². The topological polar surface area (TPSA) is 67.2 Å². The van der Waals surface area contributed by atoms with Gasteiger partial charge in [0.25, 0.3) is 5.89 Å². The third-order valence-electron chi connectivity index (χ3n) is 4.45. The zero-order chi connectivity index (χ0) is 15.1. The monoisotopic (exact) mass is 317 g/mol. The molecular weight excluding hydrogens is 302 g/mol. The molecule has 2 fully saturated rings. The first kappa shape index (κ1) is 13.8. The smallest absolute Gasteiger partial charge is 0.307 e. The Morgan fingerprint density at radius 2 is 2.14 bits per heavy atom. The molecule has 4 rings (SSSR count). The van der Waals surface area contributed by atoms with E-state index < -0.39 is 0 Å². The molecule has 0 spiro atoms. The molecule has 0 aliphatic carbocycles. The molecule has 5 nitrogen and oxygen atoms in total. The molecule has 2 aromatic rings. The molecule has 1 aromatic heterocycles. The van der Waals surface area contributed by atoms with Gasteiger partial charge in [0, 0.05) is 28.7 Å². The second kappa shape index (κ2) is 5.41. The lowest BCUT2D eigenvalue weighted by atomic mass is 9.95. The van der Waals surface area contributed by atoms with Gasteiger partial charge in [-0.3, -0.25) is 4.79 Å². The first-order valence-electron chi connectivity index (χ1n) is 7.48. The largest absolute Gasteiger partial charge is 0.432 e. The van der Waals surface area contributed by atoms with E-state index >= 15 is 0 Å². The number of hydrogen-bond donors (Lipinski definition) is 2. The first-order valence-corrected chi connectivity index (χ1v) is 7.85. The number of carbonyl (C=O) groups excluding carboxylic acids is 1. The van der Waals surface area contributed by atoms with Gasteiger partial charge in [0.15, 0.2) is 5.76 Å². The van der Waals surface area contributed by atoms with E-state index in [1.807, 2.05) is 12.1 Å². The van der Waals surface area contributed by atoms with E-state index in [0.717, 1.165) is 18.4 Å². The Bertz CT molecular complexity index is 698. The second-order valence-corrected chi connectivity index (χ2v) is 6.34. The minimum Gasteiger partial charge on any atom is -0.432 e. The molecule has 22 heavy (non-hydrogen) atoms. The summed E-state index contributed by atoms with van der Waals surface area (Å²) in [5.41, 5.74) is 0.845. The van der Waals surface area contributed by atoms with E-state index in [4.69, 9.17) is 16.0 Å². The highest BCUT2D eigenvalue weighted by Crippen LogP contribution is 2.28. The maximum Gasteiger partial charge on any atom is 0.307 e. The Morgan fingerprint density at radius 1 is 1.32 bits per heavy atom. The molecule has 3 atom stereocenters. The highest BCUT2D eigenvalue weighted by molar-refractivity contribution is 6.30. The van der Waals surface area contributed by atoms with Gasteiger partial charge >= 0.3 is 5.91 Å². The van der Waals surface area contributed by atoms with E-state index in [0.29, 0.717) is 22.9 Å². The van der Waals surface area contributed by atoms with Crippen LogP contribution in [-0.2, 0) is 0 Å². The van der Waals surface area contributed by atoms with Crippen LogP contribution in [0.5, 0.6) is 0 Å². The highest BCUT2D eigenvalue weighted by atomic mass is 35.5. The van der Waals surface area contributed by atoms with Crippen molar-refractivity contribution >= 4 is 17.5 Å². The Hall–Kier alpha value is -1.85. The van der Waals surface area contributed by atoms with Crippen molar-refractivity contribution in [3.8, 4) is 11.3 Å². The first-order chi connectivity index (χ1) is 10.7. The number of carbonyl (C=O) groups is 1. The lowest BCUT2D eigenvalue weighted by Crippen LogP contribution is -2.43. The highest BCUT2D eigenvalue weighted by Gasteiger charge is 2.40. The number of halogens is 1.